The number of nitrogens with one attached hydrogen (secondary N) is 2. The summed E-state index contributed by atoms with van der Waals surface area (Å²) >= 11 is 1.57. The lowest BCUT2D eigenvalue weighted by atomic mass is 9.97. The Morgan fingerprint density at radius 2 is 1.96 bits per heavy atom. The van der Waals surface area contributed by atoms with Crippen LogP contribution < -0.4 is 10.9 Å². The van der Waals surface area contributed by atoms with Crippen LogP contribution in [0.3, 0.4) is 0 Å². The quantitative estimate of drug-likeness (QED) is 0.751. The van der Waals surface area contributed by atoms with Gasteiger partial charge in [0.25, 0.3) is 11.5 Å². The van der Waals surface area contributed by atoms with E-state index in [1.54, 1.807) is 23.5 Å². The number of fused-ring (bicyclic) bond motifs is 3. The summed E-state index contributed by atoms with van der Waals surface area (Å²) in [4.78, 5) is 33.9. The first-order chi connectivity index (χ1) is 11.6. The van der Waals surface area contributed by atoms with Crippen molar-refractivity contribution in [3.8, 4) is 0 Å². The monoisotopic (exact) mass is 339 g/mol. The average molecular weight is 339 g/mol. The molecule has 0 fully saturated rings. The molecule has 1 aliphatic carbocycles. The molecule has 6 heteroatoms. The summed E-state index contributed by atoms with van der Waals surface area (Å²) in [5.41, 5.74) is 2.60. The van der Waals surface area contributed by atoms with Gasteiger partial charge in [-0.3, -0.25) is 19.9 Å². The van der Waals surface area contributed by atoms with Crippen molar-refractivity contribution in [2.24, 2.45) is 0 Å². The minimum absolute atomic E-state index is 0.168. The largest absolute Gasteiger partial charge is 0.292 e. The van der Waals surface area contributed by atoms with Crippen molar-refractivity contribution in [2.75, 3.05) is 5.32 Å². The molecule has 4 rings (SSSR count). The van der Waals surface area contributed by atoms with E-state index in [1.165, 1.54) is 4.88 Å². The van der Waals surface area contributed by atoms with Crippen molar-refractivity contribution in [2.45, 2.75) is 32.6 Å². The molecule has 0 spiro atoms. The molecule has 0 bridgehead atoms. The van der Waals surface area contributed by atoms with Gasteiger partial charge < -0.3 is 0 Å². The zero-order chi connectivity index (χ0) is 16.7. The zero-order valence-corrected chi connectivity index (χ0v) is 14.1. The minimum Gasteiger partial charge on any atom is -0.292 e. The molecule has 0 saturated carbocycles. The number of hydrogen-bond donors (Lipinski definition) is 2. The first-order valence-corrected chi connectivity index (χ1v) is 8.86. The Labute approximate surface area is 142 Å². The lowest BCUT2D eigenvalue weighted by Crippen LogP contribution is -2.18. The molecule has 0 unspecified atom stereocenters. The van der Waals surface area contributed by atoms with E-state index in [1.807, 2.05) is 19.1 Å². The van der Waals surface area contributed by atoms with E-state index in [0.29, 0.717) is 15.8 Å². The highest BCUT2D eigenvalue weighted by Crippen LogP contribution is 2.33. The highest BCUT2D eigenvalue weighted by atomic mass is 32.1. The van der Waals surface area contributed by atoms with Crippen LogP contribution in [0.2, 0.25) is 0 Å². The highest BCUT2D eigenvalue weighted by Gasteiger charge is 2.20. The molecular formula is C18H17N3O2S. The predicted molar refractivity (Wildman–Crippen MR) is 96.0 cm³/mol. The summed E-state index contributed by atoms with van der Waals surface area (Å²) in [6.07, 6.45) is 4.23. The van der Waals surface area contributed by atoms with Gasteiger partial charge in [0, 0.05) is 10.4 Å². The van der Waals surface area contributed by atoms with Crippen molar-refractivity contribution >= 4 is 33.4 Å². The third-order valence-corrected chi connectivity index (χ3v) is 5.56. The Bertz CT molecular complexity index is 986. The molecule has 2 N–H and O–H groups in total. The molecule has 0 saturated heterocycles. The van der Waals surface area contributed by atoms with Crippen molar-refractivity contribution in [1.82, 2.24) is 9.97 Å². The van der Waals surface area contributed by atoms with E-state index in [9.17, 15) is 9.59 Å². The number of benzene rings is 1. The van der Waals surface area contributed by atoms with Gasteiger partial charge in [-0.15, -0.1) is 11.3 Å². The van der Waals surface area contributed by atoms with Gasteiger partial charge in [-0.1, -0.05) is 17.7 Å². The third kappa shape index (κ3) is 2.63. The second-order valence-corrected chi connectivity index (χ2v) is 7.21. The molecule has 1 amide bonds. The van der Waals surface area contributed by atoms with Gasteiger partial charge in [0.05, 0.1) is 5.39 Å². The number of nitrogens with zero attached hydrogens (tertiary/aromatic N) is 1. The molecule has 2 aromatic heterocycles. The standard InChI is InChI=1S/C18H17N3O2S/c1-10-6-8-11(9-7-10)15(22)19-18-20-16(23)14-12-4-2-3-5-13(12)24-17(14)21-18/h6-9H,2-5H2,1H3,(H2,19,20,21,22,23). The van der Waals surface area contributed by atoms with Crippen LogP contribution in [0.25, 0.3) is 10.2 Å². The van der Waals surface area contributed by atoms with Crippen molar-refractivity contribution in [3.05, 3.63) is 56.2 Å². The molecule has 24 heavy (non-hydrogen) atoms. The van der Waals surface area contributed by atoms with Crippen molar-refractivity contribution in [3.63, 3.8) is 0 Å². The molecule has 1 aliphatic rings. The van der Waals surface area contributed by atoms with Gasteiger partial charge in [0.15, 0.2) is 0 Å². The number of hydrogen-bond acceptors (Lipinski definition) is 4. The number of rotatable bonds is 2. The lowest BCUT2D eigenvalue weighted by Gasteiger charge is -2.09. The summed E-state index contributed by atoms with van der Waals surface area (Å²) in [5, 5.41) is 3.39. The summed E-state index contributed by atoms with van der Waals surface area (Å²) in [5.74, 6) is -0.0736. The predicted octanol–water partition coefficient (Wildman–Crippen LogP) is 3.42. The molecule has 0 aliphatic heterocycles. The van der Waals surface area contributed by atoms with E-state index in [0.717, 1.165) is 36.8 Å². The Morgan fingerprint density at radius 3 is 2.75 bits per heavy atom. The molecule has 5 nitrogen and oxygen atoms in total. The fourth-order valence-corrected chi connectivity index (χ4v) is 4.37. The summed E-state index contributed by atoms with van der Waals surface area (Å²) in [6, 6.07) is 7.26. The maximum atomic E-state index is 12.5. The number of H-pyrrole nitrogens is 1. The number of carbonyl (C=O) groups excluding carboxylic acids is 1. The summed E-state index contributed by atoms with van der Waals surface area (Å²) in [7, 11) is 0. The third-order valence-electron chi connectivity index (χ3n) is 4.37. The van der Waals surface area contributed by atoms with E-state index in [4.69, 9.17) is 0 Å². The number of anilines is 1. The van der Waals surface area contributed by atoms with Crippen LogP contribution in [0.15, 0.2) is 29.1 Å². The van der Waals surface area contributed by atoms with Crippen LogP contribution in [0, 0.1) is 6.92 Å². The van der Waals surface area contributed by atoms with Gasteiger partial charge in [-0.2, -0.15) is 0 Å². The number of thiophene rings is 1. The topological polar surface area (TPSA) is 74.8 Å². The first kappa shape index (κ1) is 15.1. The molecule has 2 heterocycles. The summed E-state index contributed by atoms with van der Waals surface area (Å²) in [6.45, 7) is 1.97. The van der Waals surface area contributed by atoms with E-state index >= 15 is 0 Å². The average Bonchev–Trinajstić information content (AvgIpc) is 2.94. The molecule has 1 aromatic carbocycles. The van der Waals surface area contributed by atoms with Crippen molar-refractivity contribution < 1.29 is 4.79 Å². The van der Waals surface area contributed by atoms with Gasteiger partial charge in [-0.05, 0) is 50.3 Å². The summed E-state index contributed by atoms with van der Waals surface area (Å²) < 4.78 is 0. The lowest BCUT2D eigenvalue weighted by molar-refractivity contribution is 0.102. The zero-order valence-electron chi connectivity index (χ0n) is 13.3. The Morgan fingerprint density at radius 1 is 1.21 bits per heavy atom. The number of carbonyl (C=O) groups is 1. The van der Waals surface area contributed by atoms with Crippen LogP contribution in [0.5, 0.6) is 0 Å². The van der Waals surface area contributed by atoms with Gasteiger partial charge in [0.1, 0.15) is 4.83 Å². The molecule has 0 atom stereocenters. The maximum Gasteiger partial charge on any atom is 0.261 e. The maximum absolute atomic E-state index is 12.5. The molecule has 122 valence electrons. The Balaban J connectivity index is 1.69. The Hall–Kier alpha value is -2.47. The number of aryl methyl sites for hydroxylation is 3. The van der Waals surface area contributed by atoms with E-state index < -0.39 is 0 Å². The number of aromatic amines is 1. The second-order valence-electron chi connectivity index (χ2n) is 6.13. The smallest absolute Gasteiger partial charge is 0.261 e. The molecule has 3 aromatic rings. The van der Waals surface area contributed by atoms with Crippen molar-refractivity contribution in [1.29, 1.82) is 0 Å². The highest BCUT2D eigenvalue weighted by molar-refractivity contribution is 7.18. The first-order valence-electron chi connectivity index (χ1n) is 8.04. The van der Waals surface area contributed by atoms with E-state index in [2.05, 4.69) is 15.3 Å². The molecule has 0 radical (unpaired) electrons. The van der Waals surface area contributed by atoms with Gasteiger partial charge in [0.2, 0.25) is 5.95 Å². The van der Waals surface area contributed by atoms with E-state index in [-0.39, 0.29) is 17.4 Å². The van der Waals surface area contributed by atoms with Crippen LogP contribution in [0.1, 0.15) is 39.2 Å². The van der Waals surface area contributed by atoms with Crippen LogP contribution in [-0.2, 0) is 12.8 Å². The Kier molecular flexibility index (Phi) is 3.69. The number of amides is 1. The van der Waals surface area contributed by atoms with Crippen LogP contribution in [0.4, 0.5) is 5.95 Å². The van der Waals surface area contributed by atoms with Gasteiger partial charge >= 0.3 is 0 Å². The van der Waals surface area contributed by atoms with Crippen LogP contribution in [-0.4, -0.2) is 15.9 Å². The fraction of sp³-hybridized carbons (Fsp3) is 0.278. The normalized spacial score (nSPS) is 13.7. The SMILES string of the molecule is Cc1ccc(C(=O)Nc2nc3sc4c(c3c(=O)[nH]2)CCCC4)cc1. The van der Waals surface area contributed by atoms with Gasteiger partial charge in [-0.25, -0.2) is 4.98 Å². The minimum atomic E-state index is -0.279. The fourth-order valence-electron chi connectivity index (χ4n) is 3.11. The number of aromatic nitrogens is 2. The second kappa shape index (κ2) is 5.87. The van der Waals surface area contributed by atoms with Crippen LogP contribution >= 0.6 is 11.3 Å². The molecular weight excluding hydrogens is 322 g/mol.